The summed E-state index contributed by atoms with van der Waals surface area (Å²) in [6.07, 6.45) is 1.83. The quantitative estimate of drug-likeness (QED) is 0.144. The SMILES string of the molecule is CC(=O)NC1C=C(OC(C)=O)C(COC(C)=O)OC1OCCCCC(=O)NCCCNCC(=O)c1ccccc1. The summed E-state index contributed by atoms with van der Waals surface area (Å²) in [6.45, 7) is 5.20. The fourth-order valence-electron chi connectivity index (χ4n) is 3.79. The molecule has 1 aromatic rings. The van der Waals surface area contributed by atoms with Gasteiger partial charge in [0.2, 0.25) is 11.8 Å². The van der Waals surface area contributed by atoms with Gasteiger partial charge in [0.05, 0.1) is 6.54 Å². The fourth-order valence-corrected chi connectivity index (χ4v) is 3.79. The molecule has 1 aliphatic heterocycles. The molecule has 0 aliphatic carbocycles. The highest BCUT2D eigenvalue weighted by atomic mass is 16.7. The zero-order valence-electron chi connectivity index (χ0n) is 23.2. The van der Waals surface area contributed by atoms with Gasteiger partial charge < -0.3 is 34.9 Å². The van der Waals surface area contributed by atoms with E-state index in [-0.39, 0.29) is 43.1 Å². The predicted octanol–water partition coefficient (Wildman–Crippen LogP) is 1.39. The molecule has 0 radical (unpaired) electrons. The molecule has 40 heavy (non-hydrogen) atoms. The Bertz CT molecular complexity index is 1030. The van der Waals surface area contributed by atoms with E-state index in [1.165, 1.54) is 26.8 Å². The zero-order valence-corrected chi connectivity index (χ0v) is 23.2. The topological polar surface area (TPSA) is 158 Å². The molecule has 0 bridgehead atoms. The minimum atomic E-state index is -0.918. The summed E-state index contributed by atoms with van der Waals surface area (Å²) in [5.74, 6) is -1.40. The molecule has 0 saturated carbocycles. The third kappa shape index (κ3) is 13.0. The van der Waals surface area contributed by atoms with E-state index in [0.29, 0.717) is 44.3 Å². The lowest BCUT2D eigenvalue weighted by Crippen LogP contribution is -2.50. The first-order chi connectivity index (χ1) is 19.2. The van der Waals surface area contributed by atoms with Crippen LogP contribution >= 0.6 is 0 Å². The van der Waals surface area contributed by atoms with Crippen LogP contribution in [-0.2, 0) is 38.1 Å². The summed E-state index contributed by atoms with van der Waals surface area (Å²) >= 11 is 0. The number of esters is 2. The molecule has 3 atom stereocenters. The number of carbonyl (C=O) groups excluding carboxylic acids is 5. The van der Waals surface area contributed by atoms with E-state index < -0.39 is 30.4 Å². The number of hydrogen-bond donors (Lipinski definition) is 3. The second-order valence-corrected chi connectivity index (χ2v) is 9.18. The molecule has 12 nitrogen and oxygen atoms in total. The molecule has 2 rings (SSSR count). The average Bonchev–Trinajstić information content (AvgIpc) is 2.90. The van der Waals surface area contributed by atoms with Gasteiger partial charge in [-0.25, -0.2) is 0 Å². The molecule has 220 valence electrons. The van der Waals surface area contributed by atoms with Crippen molar-refractivity contribution in [2.75, 3.05) is 32.8 Å². The van der Waals surface area contributed by atoms with Crippen molar-refractivity contribution in [3.05, 3.63) is 47.7 Å². The van der Waals surface area contributed by atoms with Crippen LogP contribution in [0.3, 0.4) is 0 Å². The Balaban J connectivity index is 1.67. The van der Waals surface area contributed by atoms with Gasteiger partial charge in [-0.2, -0.15) is 0 Å². The molecule has 1 aromatic carbocycles. The summed E-state index contributed by atoms with van der Waals surface area (Å²) in [7, 11) is 0. The number of hydrogen-bond acceptors (Lipinski definition) is 10. The van der Waals surface area contributed by atoms with E-state index in [0.717, 1.165) is 0 Å². The van der Waals surface area contributed by atoms with Crippen LogP contribution in [0, 0.1) is 0 Å². The molecule has 3 N–H and O–H groups in total. The molecule has 0 aromatic heterocycles. The molecular weight excluding hydrogens is 522 g/mol. The molecule has 1 heterocycles. The molecule has 2 amide bonds. The van der Waals surface area contributed by atoms with Gasteiger partial charge >= 0.3 is 11.9 Å². The standard InChI is InChI=1S/C28H39N3O9/c1-19(32)31-23-16-25(39-21(3)34)26(18-38-20(2)33)40-28(23)37-15-8-7-12-27(36)30-14-9-13-29-17-24(35)22-10-5-4-6-11-22/h4-6,10-11,16,23,26,28-29H,7-9,12-15,17-18H2,1-3H3,(H,30,36)(H,31,32). The average molecular weight is 562 g/mol. The van der Waals surface area contributed by atoms with Crippen LogP contribution in [0.4, 0.5) is 0 Å². The largest absolute Gasteiger partial charge is 0.463 e. The third-order valence-corrected chi connectivity index (χ3v) is 5.64. The number of unbranched alkanes of at least 4 members (excludes halogenated alkanes) is 1. The van der Waals surface area contributed by atoms with Crippen molar-refractivity contribution in [1.29, 1.82) is 0 Å². The Kier molecular flexibility index (Phi) is 14.6. The molecule has 1 aliphatic rings. The third-order valence-electron chi connectivity index (χ3n) is 5.64. The highest BCUT2D eigenvalue weighted by Gasteiger charge is 2.35. The highest BCUT2D eigenvalue weighted by molar-refractivity contribution is 5.97. The number of Topliss-reactive ketones (excluding diaryl/α,β-unsaturated/α-hetero) is 1. The van der Waals surface area contributed by atoms with Gasteiger partial charge in [-0.15, -0.1) is 0 Å². The normalized spacial score (nSPS) is 18.3. The number of amides is 2. The highest BCUT2D eigenvalue weighted by Crippen LogP contribution is 2.23. The van der Waals surface area contributed by atoms with Crippen molar-refractivity contribution in [3.8, 4) is 0 Å². The van der Waals surface area contributed by atoms with Gasteiger partial charge in [0, 0.05) is 45.9 Å². The van der Waals surface area contributed by atoms with Crippen LogP contribution in [0.15, 0.2) is 42.2 Å². The number of ether oxygens (including phenoxy) is 4. The number of rotatable bonds is 17. The number of ketones is 1. The number of benzene rings is 1. The van der Waals surface area contributed by atoms with Crippen LogP contribution in [0.25, 0.3) is 0 Å². The zero-order chi connectivity index (χ0) is 29.3. The lowest BCUT2D eigenvalue weighted by molar-refractivity contribution is -0.200. The van der Waals surface area contributed by atoms with Crippen LogP contribution in [-0.4, -0.2) is 80.8 Å². The van der Waals surface area contributed by atoms with E-state index in [4.69, 9.17) is 18.9 Å². The van der Waals surface area contributed by atoms with E-state index in [1.54, 1.807) is 12.1 Å². The van der Waals surface area contributed by atoms with Crippen molar-refractivity contribution in [2.24, 2.45) is 0 Å². The van der Waals surface area contributed by atoms with Gasteiger partial charge in [0.15, 0.2) is 18.2 Å². The lowest BCUT2D eigenvalue weighted by atomic mass is 10.1. The van der Waals surface area contributed by atoms with E-state index >= 15 is 0 Å². The van der Waals surface area contributed by atoms with E-state index in [2.05, 4.69) is 16.0 Å². The smallest absolute Gasteiger partial charge is 0.307 e. The second-order valence-electron chi connectivity index (χ2n) is 9.18. The first-order valence-corrected chi connectivity index (χ1v) is 13.3. The number of nitrogens with one attached hydrogen (secondary N) is 3. The van der Waals surface area contributed by atoms with Crippen molar-refractivity contribution in [2.45, 2.75) is 64.9 Å². The Morgan fingerprint density at radius 3 is 2.35 bits per heavy atom. The van der Waals surface area contributed by atoms with Crippen LogP contribution < -0.4 is 16.0 Å². The first kappa shape index (κ1) is 32.6. The summed E-state index contributed by atoms with van der Waals surface area (Å²) in [5, 5.41) is 8.62. The second kappa shape index (κ2) is 17.9. The van der Waals surface area contributed by atoms with Crippen molar-refractivity contribution >= 4 is 29.5 Å². The summed E-state index contributed by atoms with van der Waals surface area (Å²) < 4.78 is 21.9. The Morgan fingerprint density at radius 1 is 0.925 bits per heavy atom. The minimum absolute atomic E-state index is 0.0228. The monoisotopic (exact) mass is 561 g/mol. The molecule has 0 saturated heterocycles. The van der Waals surface area contributed by atoms with Crippen molar-refractivity contribution in [1.82, 2.24) is 16.0 Å². The Labute approximate surface area is 234 Å². The molecular formula is C28H39N3O9. The molecule has 0 spiro atoms. The fraction of sp³-hybridized carbons (Fsp3) is 0.536. The maximum atomic E-state index is 12.1. The Hall–Kier alpha value is -3.61. The summed E-state index contributed by atoms with van der Waals surface area (Å²) in [5.41, 5.74) is 0.665. The lowest BCUT2D eigenvalue weighted by Gasteiger charge is -2.34. The van der Waals surface area contributed by atoms with Gasteiger partial charge in [-0.1, -0.05) is 30.3 Å². The van der Waals surface area contributed by atoms with Gasteiger partial charge in [0.25, 0.3) is 0 Å². The Morgan fingerprint density at radius 2 is 1.68 bits per heavy atom. The van der Waals surface area contributed by atoms with Crippen LogP contribution in [0.5, 0.6) is 0 Å². The molecule has 0 fully saturated rings. The summed E-state index contributed by atoms with van der Waals surface area (Å²) in [4.78, 5) is 58.6. The predicted molar refractivity (Wildman–Crippen MR) is 144 cm³/mol. The van der Waals surface area contributed by atoms with Crippen LogP contribution in [0.1, 0.15) is 56.8 Å². The number of carbonyl (C=O) groups is 5. The van der Waals surface area contributed by atoms with Gasteiger partial charge in [0.1, 0.15) is 18.4 Å². The first-order valence-electron chi connectivity index (χ1n) is 13.3. The van der Waals surface area contributed by atoms with Crippen molar-refractivity contribution < 1.29 is 42.9 Å². The van der Waals surface area contributed by atoms with Gasteiger partial charge in [-0.05, 0) is 31.9 Å². The molecule has 3 unspecified atom stereocenters. The summed E-state index contributed by atoms with van der Waals surface area (Å²) in [6, 6.07) is 8.33. The van der Waals surface area contributed by atoms with E-state index in [9.17, 15) is 24.0 Å². The maximum absolute atomic E-state index is 12.1. The maximum Gasteiger partial charge on any atom is 0.307 e. The van der Waals surface area contributed by atoms with Gasteiger partial charge in [-0.3, -0.25) is 24.0 Å². The van der Waals surface area contributed by atoms with E-state index in [1.807, 2.05) is 18.2 Å². The van der Waals surface area contributed by atoms with Crippen LogP contribution in [0.2, 0.25) is 0 Å². The van der Waals surface area contributed by atoms with Crippen molar-refractivity contribution in [3.63, 3.8) is 0 Å². The minimum Gasteiger partial charge on any atom is -0.463 e. The molecule has 12 heteroatoms.